The van der Waals surface area contributed by atoms with E-state index in [1.165, 1.54) is 0 Å². The lowest BCUT2D eigenvalue weighted by Crippen LogP contribution is -2.11. The predicted molar refractivity (Wildman–Crippen MR) is 66.6 cm³/mol. The number of fused-ring (bicyclic) bond motifs is 2. The minimum Gasteiger partial charge on any atom is -0.436 e. The number of carbonyl (C=O) groups excluding carboxylic acids is 1. The molecule has 3 rings (SSSR count). The molecule has 5 nitrogen and oxygen atoms in total. The normalized spacial score (nSPS) is 12.8. The molecule has 1 aliphatic heterocycles. The number of benzene rings is 1. The zero-order chi connectivity index (χ0) is 12.5. The number of hydrogen-bond donors (Lipinski definition) is 2. The number of carbonyl (C=O) groups is 1. The smallest absolute Gasteiger partial charge is 0.261 e. The summed E-state index contributed by atoms with van der Waals surface area (Å²) in [6.45, 7) is 0.411. The second kappa shape index (κ2) is 4.12. The summed E-state index contributed by atoms with van der Waals surface area (Å²) in [6, 6.07) is 8.82. The first kappa shape index (κ1) is 10.7. The molecule has 0 spiro atoms. The average molecular weight is 241 g/mol. The third kappa shape index (κ3) is 1.70. The molecular weight excluding hydrogens is 230 g/mol. The van der Waals surface area contributed by atoms with Gasteiger partial charge in [0, 0.05) is 12.7 Å². The molecule has 1 aromatic carbocycles. The van der Waals surface area contributed by atoms with Gasteiger partial charge in [-0.15, -0.1) is 0 Å². The Labute approximate surface area is 104 Å². The lowest BCUT2D eigenvalue weighted by atomic mass is 10.2. The molecule has 5 heteroatoms. The van der Waals surface area contributed by atoms with Gasteiger partial charge < -0.3 is 15.8 Å². The van der Waals surface area contributed by atoms with Crippen LogP contribution in [0.25, 0.3) is 0 Å². The lowest BCUT2D eigenvalue weighted by Gasteiger charge is -2.07. The molecule has 0 aliphatic carbocycles. The van der Waals surface area contributed by atoms with Crippen LogP contribution in [0.15, 0.2) is 36.5 Å². The van der Waals surface area contributed by atoms with Crippen LogP contribution < -0.4 is 15.8 Å². The van der Waals surface area contributed by atoms with Crippen LogP contribution in [0.1, 0.15) is 15.9 Å². The molecule has 1 aliphatic rings. The fourth-order valence-corrected chi connectivity index (χ4v) is 1.83. The summed E-state index contributed by atoms with van der Waals surface area (Å²) < 4.78 is 5.64. The third-order valence-corrected chi connectivity index (χ3v) is 2.75. The second-order valence-electron chi connectivity index (χ2n) is 3.95. The monoisotopic (exact) mass is 241 g/mol. The van der Waals surface area contributed by atoms with Gasteiger partial charge in [-0.3, -0.25) is 4.79 Å². The summed E-state index contributed by atoms with van der Waals surface area (Å²) in [5.41, 5.74) is 7.53. The number of nitrogens with two attached hydrogens (primary N) is 1. The highest BCUT2D eigenvalue weighted by Gasteiger charge is 2.21. The molecule has 2 aromatic rings. The predicted octanol–water partition coefficient (Wildman–Crippen LogP) is 1.90. The fraction of sp³-hybridized carbons (Fsp3) is 0.0769. The molecule has 0 radical (unpaired) electrons. The number of aromatic nitrogens is 1. The first-order valence-corrected chi connectivity index (χ1v) is 5.55. The van der Waals surface area contributed by atoms with Gasteiger partial charge >= 0.3 is 0 Å². The second-order valence-corrected chi connectivity index (χ2v) is 3.95. The molecule has 18 heavy (non-hydrogen) atoms. The summed E-state index contributed by atoms with van der Waals surface area (Å²) in [5, 5.41) is 2.79. The van der Waals surface area contributed by atoms with E-state index in [2.05, 4.69) is 10.3 Å². The molecule has 1 amide bonds. The van der Waals surface area contributed by atoms with Crippen LogP contribution in [0.2, 0.25) is 0 Å². The zero-order valence-electron chi connectivity index (χ0n) is 9.51. The number of nitrogens with zero attached hydrogens (tertiary/aromatic N) is 1. The molecule has 2 heterocycles. The van der Waals surface area contributed by atoms with Crippen molar-refractivity contribution in [1.82, 2.24) is 4.98 Å². The van der Waals surface area contributed by atoms with Crippen molar-refractivity contribution in [2.24, 2.45) is 5.73 Å². The first-order valence-electron chi connectivity index (χ1n) is 5.55. The fourth-order valence-electron chi connectivity index (χ4n) is 1.83. The molecule has 0 fully saturated rings. The van der Waals surface area contributed by atoms with Crippen molar-refractivity contribution >= 4 is 11.6 Å². The van der Waals surface area contributed by atoms with E-state index >= 15 is 0 Å². The maximum Gasteiger partial charge on any atom is 0.261 e. The summed E-state index contributed by atoms with van der Waals surface area (Å²) in [4.78, 5) is 16.1. The SMILES string of the molecule is NCc1ccc2c(c1)NC(=O)c1cccnc1O2. The molecule has 0 saturated carbocycles. The highest BCUT2D eigenvalue weighted by molar-refractivity contribution is 6.07. The van der Waals surface area contributed by atoms with Gasteiger partial charge in [0.1, 0.15) is 5.56 Å². The summed E-state index contributed by atoms with van der Waals surface area (Å²) in [5.74, 6) is 0.651. The van der Waals surface area contributed by atoms with Gasteiger partial charge in [0.15, 0.2) is 5.75 Å². The first-order chi connectivity index (χ1) is 8.78. The van der Waals surface area contributed by atoms with Crippen LogP contribution in [0.3, 0.4) is 0 Å². The van der Waals surface area contributed by atoms with Crippen LogP contribution in [-0.2, 0) is 6.54 Å². The minimum atomic E-state index is -0.231. The van der Waals surface area contributed by atoms with E-state index in [-0.39, 0.29) is 5.91 Å². The van der Waals surface area contributed by atoms with Crippen molar-refractivity contribution in [1.29, 1.82) is 0 Å². The molecule has 0 saturated heterocycles. The average Bonchev–Trinajstić information content (AvgIpc) is 2.54. The van der Waals surface area contributed by atoms with Gasteiger partial charge in [-0.1, -0.05) is 6.07 Å². The van der Waals surface area contributed by atoms with E-state index in [0.29, 0.717) is 29.4 Å². The molecule has 3 N–H and O–H groups in total. The molecular formula is C13H11N3O2. The Hall–Kier alpha value is -2.40. The Morgan fingerprint density at radius 2 is 2.22 bits per heavy atom. The highest BCUT2D eigenvalue weighted by atomic mass is 16.5. The van der Waals surface area contributed by atoms with E-state index in [9.17, 15) is 4.79 Å². The van der Waals surface area contributed by atoms with Crippen molar-refractivity contribution < 1.29 is 9.53 Å². The van der Waals surface area contributed by atoms with Crippen molar-refractivity contribution in [3.63, 3.8) is 0 Å². The standard InChI is InChI=1S/C13H11N3O2/c14-7-8-3-4-11-10(6-8)16-12(17)9-2-1-5-15-13(9)18-11/h1-6H,7,14H2,(H,16,17). The highest BCUT2D eigenvalue weighted by Crippen LogP contribution is 2.34. The summed E-state index contributed by atoms with van der Waals surface area (Å²) in [7, 11) is 0. The van der Waals surface area contributed by atoms with E-state index in [1.807, 2.05) is 6.07 Å². The van der Waals surface area contributed by atoms with Crippen LogP contribution in [-0.4, -0.2) is 10.9 Å². The summed E-state index contributed by atoms with van der Waals surface area (Å²) in [6.07, 6.45) is 1.59. The van der Waals surface area contributed by atoms with Gasteiger partial charge in [-0.25, -0.2) is 4.98 Å². The van der Waals surface area contributed by atoms with Gasteiger partial charge in [0.05, 0.1) is 5.69 Å². The van der Waals surface area contributed by atoms with Crippen LogP contribution in [0, 0.1) is 0 Å². The molecule has 0 bridgehead atoms. The van der Waals surface area contributed by atoms with E-state index in [4.69, 9.17) is 10.5 Å². The maximum absolute atomic E-state index is 12.0. The maximum atomic E-state index is 12.0. The quantitative estimate of drug-likeness (QED) is 0.799. The minimum absolute atomic E-state index is 0.231. The number of anilines is 1. The number of hydrogen-bond acceptors (Lipinski definition) is 4. The van der Waals surface area contributed by atoms with Crippen molar-refractivity contribution in [3.05, 3.63) is 47.7 Å². The Bertz CT molecular complexity index is 625. The number of nitrogens with one attached hydrogen (secondary N) is 1. The van der Waals surface area contributed by atoms with E-state index in [1.54, 1.807) is 30.5 Å². The molecule has 0 unspecified atom stereocenters. The number of pyridine rings is 1. The topological polar surface area (TPSA) is 77.2 Å². The van der Waals surface area contributed by atoms with Gasteiger partial charge in [-0.05, 0) is 29.8 Å². The Balaban J connectivity index is 2.12. The van der Waals surface area contributed by atoms with Gasteiger partial charge in [-0.2, -0.15) is 0 Å². The third-order valence-electron chi connectivity index (χ3n) is 2.75. The number of rotatable bonds is 1. The van der Waals surface area contributed by atoms with Crippen LogP contribution in [0.4, 0.5) is 5.69 Å². The Morgan fingerprint density at radius 3 is 3.06 bits per heavy atom. The van der Waals surface area contributed by atoms with Gasteiger partial charge in [0.2, 0.25) is 5.88 Å². The van der Waals surface area contributed by atoms with Crippen molar-refractivity contribution in [2.75, 3.05) is 5.32 Å². The number of ether oxygens (including phenoxy) is 1. The zero-order valence-corrected chi connectivity index (χ0v) is 9.51. The molecule has 90 valence electrons. The Kier molecular flexibility index (Phi) is 2.46. The van der Waals surface area contributed by atoms with Gasteiger partial charge in [0.25, 0.3) is 5.91 Å². The molecule has 0 atom stereocenters. The number of amides is 1. The van der Waals surface area contributed by atoms with Crippen LogP contribution in [0.5, 0.6) is 11.6 Å². The van der Waals surface area contributed by atoms with Crippen molar-refractivity contribution in [3.8, 4) is 11.6 Å². The largest absolute Gasteiger partial charge is 0.436 e. The van der Waals surface area contributed by atoms with E-state index < -0.39 is 0 Å². The Morgan fingerprint density at radius 1 is 1.33 bits per heavy atom. The molecule has 1 aromatic heterocycles. The lowest BCUT2D eigenvalue weighted by molar-refractivity contribution is 0.102. The van der Waals surface area contributed by atoms with Crippen LogP contribution >= 0.6 is 0 Å². The van der Waals surface area contributed by atoms with E-state index in [0.717, 1.165) is 5.56 Å². The van der Waals surface area contributed by atoms with Crippen molar-refractivity contribution in [2.45, 2.75) is 6.54 Å². The summed E-state index contributed by atoms with van der Waals surface area (Å²) >= 11 is 0.